The normalized spacial score (nSPS) is 25.1. The molecule has 1 aliphatic carbocycles. The van der Waals surface area contributed by atoms with Gasteiger partial charge in [0.05, 0.1) is 23.2 Å². The number of carbonyl (C=O) groups is 4. The van der Waals surface area contributed by atoms with E-state index in [1.807, 2.05) is 12.1 Å². The maximum Gasteiger partial charge on any atom is 0.311 e. The van der Waals surface area contributed by atoms with E-state index in [4.69, 9.17) is 4.74 Å². The number of piperazine rings is 1. The number of piperidine rings is 2. The molecule has 14 nitrogen and oxygen atoms in total. The van der Waals surface area contributed by atoms with Crippen molar-refractivity contribution in [1.29, 1.82) is 0 Å². The van der Waals surface area contributed by atoms with E-state index in [1.54, 1.807) is 18.2 Å². The molecule has 5 aliphatic heterocycles. The van der Waals surface area contributed by atoms with Gasteiger partial charge in [-0.2, -0.15) is 0 Å². The minimum atomic E-state index is -0.963. The van der Waals surface area contributed by atoms with Gasteiger partial charge in [0.15, 0.2) is 5.75 Å². The van der Waals surface area contributed by atoms with Gasteiger partial charge in [0.1, 0.15) is 6.04 Å². The summed E-state index contributed by atoms with van der Waals surface area (Å²) in [6.45, 7) is 8.81. The van der Waals surface area contributed by atoms with E-state index in [-0.39, 0.29) is 29.4 Å². The maximum atomic E-state index is 13.3. The second-order valence-electron chi connectivity index (χ2n) is 14.9. The number of benzene rings is 2. The Balaban J connectivity index is 0.821. The molecule has 8 rings (SSSR count). The summed E-state index contributed by atoms with van der Waals surface area (Å²) in [7, 11) is 1.50. The highest BCUT2D eigenvalue weighted by Gasteiger charge is 2.45. The first-order chi connectivity index (χ1) is 24.7. The number of carbonyl (C=O) groups excluding carboxylic acids is 4. The van der Waals surface area contributed by atoms with E-state index in [2.05, 4.69) is 24.9 Å². The van der Waals surface area contributed by atoms with Crippen molar-refractivity contribution >= 4 is 40.7 Å². The molecule has 2 unspecified atom stereocenters. The van der Waals surface area contributed by atoms with Crippen molar-refractivity contribution in [2.75, 3.05) is 75.8 Å². The number of fused-ring (bicyclic) bond motifs is 1. The van der Waals surface area contributed by atoms with E-state index in [0.29, 0.717) is 34.8 Å². The Morgan fingerprint density at radius 2 is 1.57 bits per heavy atom. The Bertz CT molecular complexity index is 1760. The molecular weight excluding hydrogens is 654 g/mol. The number of amides is 4. The number of hydrogen-bond donors (Lipinski definition) is 1. The lowest BCUT2D eigenvalue weighted by molar-refractivity contribution is -0.385. The Labute approximate surface area is 296 Å². The fourth-order valence-corrected chi connectivity index (χ4v) is 8.90. The Morgan fingerprint density at radius 3 is 2.25 bits per heavy atom. The number of nitrogens with zero attached hydrogens (tertiary/aromatic N) is 6. The standard InChI is InChI=1S/C37H45N7O7/c1-51-33-20-31(28(24-2-3-24)19-32(33)44(49)50)41-12-9-25(10-13-41)40-16-14-39(15-17-40)21-23-8-11-42(22-23)26-4-5-27-29(18-26)37(48)43(36(27)47)30-6-7-34(45)38-35(30)46/h4-5,18-20,23-25,30H,2-3,6-17,21-22H2,1H3,(H,38,45,46). The number of ether oxygens (including phenoxy) is 1. The molecular formula is C37H45N7O7. The van der Waals surface area contributed by atoms with Crippen LogP contribution in [0.2, 0.25) is 0 Å². The highest BCUT2D eigenvalue weighted by molar-refractivity contribution is 6.23. The zero-order valence-corrected chi connectivity index (χ0v) is 29.1. The molecule has 5 heterocycles. The molecule has 2 aromatic carbocycles. The van der Waals surface area contributed by atoms with Crippen molar-refractivity contribution in [1.82, 2.24) is 20.0 Å². The lowest BCUT2D eigenvalue weighted by atomic mass is 9.98. The summed E-state index contributed by atoms with van der Waals surface area (Å²) in [5.41, 5.74) is 3.79. The molecule has 0 spiro atoms. The van der Waals surface area contributed by atoms with Gasteiger partial charge in [-0.15, -0.1) is 0 Å². The first kappa shape index (κ1) is 33.6. The van der Waals surface area contributed by atoms with Gasteiger partial charge in [-0.1, -0.05) is 0 Å². The van der Waals surface area contributed by atoms with Crippen LogP contribution in [0.5, 0.6) is 5.75 Å². The predicted molar refractivity (Wildman–Crippen MR) is 188 cm³/mol. The number of nitro groups is 1. The number of imide groups is 2. The Morgan fingerprint density at radius 1 is 0.843 bits per heavy atom. The summed E-state index contributed by atoms with van der Waals surface area (Å²) >= 11 is 0. The second kappa shape index (κ2) is 13.5. The lowest BCUT2D eigenvalue weighted by Gasteiger charge is -2.44. The highest BCUT2D eigenvalue weighted by Crippen LogP contribution is 2.48. The molecule has 1 N–H and O–H groups in total. The average Bonchev–Trinajstić information content (AvgIpc) is 3.83. The molecule has 4 saturated heterocycles. The third-order valence-electron chi connectivity index (χ3n) is 11.9. The van der Waals surface area contributed by atoms with Gasteiger partial charge in [0.2, 0.25) is 11.8 Å². The van der Waals surface area contributed by atoms with Crippen LogP contribution >= 0.6 is 0 Å². The molecule has 4 amide bonds. The first-order valence-corrected chi connectivity index (χ1v) is 18.4. The fraction of sp³-hybridized carbons (Fsp3) is 0.568. The molecule has 0 aromatic heterocycles. The van der Waals surface area contributed by atoms with Gasteiger partial charge in [-0.3, -0.25) is 44.4 Å². The quantitative estimate of drug-likeness (QED) is 0.234. The van der Waals surface area contributed by atoms with E-state index >= 15 is 0 Å². The molecule has 270 valence electrons. The highest BCUT2D eigenvalue weighted by atomic mass is 16.6. The summed E-state index contributed by atoms with van der Waals surface area (Å²) < 4.78 is 5.42. The van der Waals surface area contributed by atoms with Crippen LogP contribution in [0.3, 0.4) is 0 Å². The lowest BCUT2D eigenvalue weighted by Crippen LogP contribution is -2.54. The smallest absolute Gasteiger partial charge is 0.311 e. The minimum absolute atomic E-state index is 0.0544. The summed E-state index contributed by atoms with van der Waals surface area (Å²) in [5.74, 6) is -0.692. The van der Waals surface area contributed by atoms with Crippen molar-refractivity contribution in [3.63, 3.8) is 0 Å². The van der Waals surface area contributed by atoms with Crippen molar-refractivity contribution in [3.05, 3.63) is 57.1 Å². The summed E-state index contributed by atoms with van der Waals surface area (Å²) in [6.07, 6.45) is 5.61. The summed E-state index contributed by atoms with van der Waals surface area (Å²) in [4.78, 5) is 72.7. The van der Waals surface area contributed by atoms with Gasteiger partial charge in [-0.05, 0) is 74.1 Å². The number of anilines is 2. The third kappa shape index (κ3) is 6.43. The van der Waals surface area contributed by atoms with E-state index in [1.165, 1.54) is 7.11 Å². The summed E-state index contributed by atoms with van der Waals surface area (Å²) in [5, 5.41) is 13.9. The Hall–Kier alpha value is -4.56. The van der Waals surface area contributed by atoms with Crippen molar-refractivity contribution < 1.29 is 28.8 Å². The topological polar surface area (TPSA) is 149 Å². The number of hydrogen-bond acceptors (Lipinski definition) is 11. The number of rotatable bonds is 9. The minimum Gasteiger partial charge on any atom is -0.490 e. The van der Waals surface area contributed by atoms with Crippen LogP contribution in [0.4, 0.5) is 17.1 Å². The molecule has 51 heavy (non-hydrogen) atoms. The maximum absolute atomic E-state index is 13.3. The monoisotopic (exact) mass is 699 g/mol. The van der Waals surface area contributed by atoms with Gasteiger partial charge in [0, 0.05) is 94.9 Å². The largest absolute Gasteiger partial charge is 0.490 e. The zero-order chi connectivity index (χ0) is 35.4. The van der Waals surface area contributed by atoms with Crippen LogP contribution in [0, 0.1) is 16.0 Å². The zero-order valence-electron chi connectivity index (χ0n) is 29.1. The molecule has 5 fully saturated rings. The molecule has 14 heteroatoms. The molecule has 2 aromatic rings. The van der Waals surface area contributed by atoms with E-state index < -0.39 is 23.8 Å². The number of nitrogens with one attached hydrogen (secondary N) is 1. The third-order valence-corrected chi connectivity index (χ3v) is 11.9. The molecule has 0 bridgehead atoms. The molecule has 2 atom stereocenters. The second-order valence-corrected chi connectivity index (χ2v) is 14.9. The van der Waals surface area contributed by atoms with Crippen molar-refractivity contribution in [2.45, 2.75) is 62.9 Å². The molecule has 1 saturated carbocycles. The molecule has 0 radical (unpaired) electrons. The predicted octanol–water partition coefficient (Wildman–Crippen LogP) is 2.99. The number of nitro benzene ring substituents is 1. The van der Waals surface area contributed by atoms with Crippen molar-refractivity contribution in [3.8, 4) is 5.75 Å². The fourth-order valence-electron chi connectivity index (χ4n) is 8.90. The van der Waals surface area contributed by atoms with Gasteiger partial charge < -0.3 is 19.4 Å². The van der Waals surface area contributed by atoms with E-state index in [9.17, 15) is 29.3 Å². The number of methoxy groups -OCH3 is 1. The van der Waals surface area contributed by atoms with Crippen LogP contribution in [-0.4, -0.2) is 121 Å². The van der Waals surface area contributed by atoms with Crippen LogP contribution in [0.1, 0.15) is 77.1 Å². The first-order valence-electron chi connectivity index (χ1n) is 18.4. The van der Waals surface area contributed by atoms with Crippen molar-refractivity contribution in [2.24, 2.45) is 5.92 Å². The van der Waals surface area contributed by atoms with Crippen LogP contribution in [0.25, 0.3) is 0 Å². The summed E-state index contributed by atoms with van der Waals surface area (Å²) in [6, 6.07) is 8.59. The van der Waals surface area contributed by atoms with Gasteiger partial charge in [0.25, 0.3) is 11.8 Å². The van der Waals surface area contributed by atoms with Crippen LogP contribution in [0.15, 0.2) is 30.3 Å². The average molecular weight is 700 g/mol. The van der Waals surface area contributed by atoms with Gasteiger partial charge >= 0.3 is 5.69 Å². The SMILES string of the molecule is COc1cc(N2CCC(N3CCN(CC4CCN(c5ccc6c(c5)C(=O)N(C5CCC(=O)NC5=O)C6=O)C4)CC3)CC2)c(C2CC2)cc1[N+](=O)[O-]. The molecule has 6 aliphatic rings. The van der Waals surface area contributed by atoms with Crippen LogP contribution < -0.4 is 19.9 Å². The van der Waals surface area contributed by atoms with E-state index in [0.717, 1.165) is 113 Å². The van der Waals surface area contributed by atoms with Crippen LogP contribution in [-0.2, 0) is 9.59 Å². The van der Waals surface area contributed by atoms with Gasteiger partial charge in [-0.25, -0.2) is 0 Å². The Kier molecular flexibility index (Phi) is 8.91.